The molecule has 1 aliphatic rings. The summed E-state index contributed by atoms with van der Waals surface area (Å²) < 4.78 is 0. The molecular formula is C14H20. The highest BCUT2D eigenvalue weighted by Gasteiger charge is 2.22. The molecule has 0 amide bonds. The van der Waals surface area contributed by atoms with Crippen LogP contribution in [0.25, 0.3) is 0 Å². The van der Waals surface area contributed by atoms with E-state index in [0.29, 0.717) is 0 Å². The molecule has 14 heavy (non-hydrogen) atoms. The maximum Gasteiger partial charge on any atom is -0.0136 e. The van der Waals surface area contributed by atoms with Crippen LogP contribution < -0.4 is 0 Å². The van der Waals surface area contributed by atoms with Gasteiger partial charge < -0.3 is 0 Å². The molecule has 0 N–H and O–H groups in total. The summed E-state index contributed by atoms with van der Waals surface area (Å²) in [5.41, 5.74) is 2.93. The Morgan fingerprint density at radius 3 is 2.29 bits per heavy atom. The van der Waals surface area contributed by atoms with Crippen LogP contribution in [-0.2, 0) is 0 Å². The molecule has 1 fully saturated rings. The van der Waals surface area contributed by atoms with Crippen molar-refractivity contribution in [3.63, 3.8) is 0 Å². The van der Waals surface area contributed by atoms with Crippen molar-refractivity contribution >= 4 is 0 Å². The SMILES string of the molecule is Cc1ccc([C@@H]2CCCC[C@@H]2C)cc1. The molecule has 1 aromatic rings. The van der Waals surface area contributed by atoms with Crippen molar-refractivity contribution in [1.82, 2.24) is 0 Å². The Labute approximate surface area is 87.3 Å². The van der Waals surface area contributed by atoms with Crippen LogP contribution in [0.1, 0.15) is 49.7 Å². The van der Waals surface area contributed by atoms with Gasteiger partial charge in [0.15, 0.2) is 0 Å². The minimum absolute atomic E-state index is 0.823. The Hall–Kier alpha value is -0.780. The normalized spacial score (nSPS) is 27.6. The van der Waals surface area contributed by atoms with Gasteiger partial charge >= 0.3 is 0 Å². The second-order valence-corrected chi connectivity index (χ2v) is 4.78. The first-order valence-corrected chi connectivity index (χ1v) is 5.84. The number of hydrogen-bond donors (Lipinski definition) is 0. The molecule has 0 heteroatoms. The first-order valence-electron chi connectivity index (χ1n) is 5.84. The van der Waals surface area contributed by atoms with Gasteiger partial charge in [0.2, 0.25) is 0 Å². The van der Waals surface area contributed by atoms with Gasteiger partial charge in [0.05, 0.1) is 0 Å². The highest BCUT2D eigenvalue weighted by Crippen LogP contribution is 2.37. The quantitative estimate of drug-likeness (QED) is 0.616. The lowest BCUT2D eigenvalue weighted by Gasteiger charge is -2.29. The monoisotopic (exact) mass is 188 g/mol. The molecule has 0 aromatic heterocycles. The van der Waals surface area contributed by atoms with Gasteiger partial charge in [-0.2, -0.15) is 0 Å². The molecule has 2 rings (SSSR count). The Bertz CT molecular complexity index is 283. The highest BCUT2D eigenvalue weighted by atomic mass is 14.3. The van der Waals surface area contributed by atoms with E-state index in [2.05, 4.69) is 38.1 Å². The first-order chi connectivity index (χ1) is 6.77. The van der Waals surface area contributed by atoms with Crippen LogP contribution in [0.15, 0.2) is 24.3 Å². The van der Waals surface area contributed by atoms with E-state index < -0.39 is 0 Å². The number of aryl methyl sites for hydroxylation is 1. The van der Waals surface area contributed by atoms with E-state index in [1.54, 1.807) is 5.56 Å². The van der Waals surface area contributed by atoms with Crippen molar-refractivity contribution in [2.45, 2.75) is 45.4 Å². The summed E-state index contributed by atoms with van der Waals surface area (Å²) in [4.78, 5) is 0. The summed E-state index contributed by atoms with van der Waals surface area (Å²) in [7, 11) is 0. The lowest BCUT2D eigenvalue weighted by molar-refractivity contribution is 0.330. The van der Waals surface area contributed by atoms with Gasteiger partial charge in [0.25, 0.3) is 0 Å². The van der Waals surface area contributed by atoms with Gasteiger partial charge in [-0.3, -0.25) is 0 Å². The van der Waals surface area contributed by atoms with Gasteiger partial charge in [-0.05, 0) is 30.7 Å². The Kier molecular flexibility index (Phi) is 2.90. The zero-order valence-electron chi connectivity index (χ0n) is 9.29. The van der Waals surface area contributed by atoms with Crippen molar-refractivity contribution in [2.75, 3.05) is 0 Å². The number of benzene rings is 1. The van der Waals surface area contributed by atoms with E-state index in [-0.39, 0.29) is 0 Å². The lowest BCUT2D eigenvalue weighted by atomic mass is 9.76. The Balaban J connectivity index is 2.16. The summed E-state index contributed by atoms with van der Waals surface area (Å²) in [6.45, 7) is 4.57. The molecule has 0 nitrogen and oxygen atoms in total. The van der Waals surface area contributed by atoms with E-state index in [0.717, 1.165) is 11.8 Å². The van der Waals surface area contributed by atoms with E-state index in [9.17, 15) is 0 Å². The zero-order valence-corrected chi connectivity index (χ0v) is 9.29. The molecule has 0 unspecified atom stereocenters. The molecule has 1 saturated carbocycles. The molecule has 0 spiro atoms. The molecule has 0 bridgehead atoms. The maximum absolute atomic E-state index is 2.41. The summed E-state index contributed by atoms with van der Waals surface area (Å²) in [5.74, 6) is 1.70. The van der Waals surface area contributed by atoms with Crippen LogP contribution in [0.3, 0.4) is 0 Å². The van der Waals surface area contributed by atoms with E-state index in [1.165, 1.54) is 31.2 Å². The Morgan fingerprint density at radius 2 is 1.64 bits per heavy atom. The predicted molar refractivity (Wildman–Crippen MR) is 61.6 cm³/mol. The van der Waals surface area contributed by atoms with Crippen LogP contribution in [0, 0.1) is 12.8 Å². The predicted octanol–water partition coefficient (Wildman–Crippen LogP) is 4.29. The number of rotatable bonds is 1. The third kappa shape index (κ3) is 2.00. The summed E-state index contributed by atoms with van der Waals surface area (Å²) in [6, 6.07) is 9.14. The van der Waals surface area contributed by atoms with Crippen LogP contribution in [0.4, 0.5) is 0 Å². The summed E-state index contributed by atoms with van der Waals surface area (Å²) in [5, 5.41) is 0. The summed E-state index contributed by atoms with van der Waals surface area (Å²) >= 11 is 0. The van der Waals surface area contributed by atoms with Crippen molar-refractivity contribution in [3.05, 3.63) is 35.4 Å². The van der Waals surface area contributed by atoms with Crippen LogP contribution in [0.5, 0.6) is 0 Å². The fourth-order valence-corrected chi connectivity index (χ4v) is 2.63. The minimum atomic E-state index is 0.823. The second-order valence-electron chi connectivity index (χ2n) is 4.78. The van der Waals surface area contributed by atoms with Gasteiger partial charge in [-0.1, -0.05) is 56.0 Å². The fraction of sp³-hybridized carbons (Fsp3) is 0.571. The lowest BCUT2D eigenvalue weighted by Crippen LogP contribution is -2.14. The highest BCUT2D eigenvalue weighted by molar-refractivity contribution is 5.25. The third-order valence-electron chi connectivity index (χ3n) is 3.62. The Morgan fingerprint density at radius 1 is 1.00 bits per heavy atom. The maximum atomic E-state index is 2.41. The van der Waals surface area contributed by atoms with E-state index >= 15 is 0 Å². The standard InChI is InChI=1S/C14H20/c1-11-7-9-13(10-8-11)14-6-4-3-5-12(14)2/h7-10,12,14H,3-6H2,1-2H3/t12-,14+/m0/s1. The van der Waals surface area contributed by atoms with Crippen LogP contribution >= 0.6 is 0 Å². The van der Waals surface area contributed by atoms with Crippen LogP contribution in [-0.4, -0.2) is 0 Å². The molecule has 0 aliphatic heterocycles. The molecule has 0 radical (unpaired) electrons. The topological polar surface area (TPSA) is 0 Å². The van der Waals surface area contributed by atoms with Gasteiger partial charge in [0, 0.05) is 0 Å². The van der Waals surface area contributed by atoms with Gasteiger partial charge in [-0.25, -0.2) is 0 Å². The first kappa shape index (κ1) is 9.76. The van der Waals surface area contributed by atoms with Crippen molar-refractivity contribution < 1.29 is 0 Å². The average molecular weight is 188 g/mol. The van der Waals surface area contributed by atoms with Crippen molar-refractivity contribution in [3.8, 4) is 0 Å². The van der Waals surface area contributed by atoms with Gasteiger partial charge in [-0.15, -0.1) is 0 Å². The minimum Gasteiger partial charge on any atom is -0.0619 e. The number of hydrogen-bond acceptors (Lipinski definition) is 0. The summed E-state index contributed by atoms with van der Waals surface area (Å²) in [6.07, 6.45) is 5.66. The average Bonchev–Trinajstić information content (AvgIpc) is 2.20. The molecule has 1 aliphatic carbocycles. The molecule has 2 atom stereocenters. The molecule has 1 aromatic carbocycles. The van der Waals surface area contributed by atoms with Crippen molar-refractivity contribution in [2.24, 2.45) is 5.92 Å². The van der Waals surface area contributed by atoms with Crippen LogP contribution in [0.2, 0.25) is 0 Å². The largest absolute Gasteiger partial charge is 0.0619 e. The molecule has 0 saturated heterocycles. The molecular weight excluding hydrogens is 168 g/mol. The fourth-order valence-electron chi connectivity index (χ4n) is 2.63. The second kappa shape index (κ2) is 4.16. The van der Waals surface area contributed by atoms with E-state index in [4.69, 9.17) is 0 Å². The zero-order chi connectivity index (χ0) is 9.97. The smallest absolute Gasteiger partial charge is 0.0136 e. The van der Waals surface area contributed by atoms with Gasteiger partial charge in [0.1, 0.15) is 0 Å². The third-order valence-corrected chi connectivity index (χ3v) is 3.62. The van der Waals surface area contributed by atoms with Crippen molar-refractivity contribution in [1.29, 1.82) is 0 Å². The molecule has 76 valence electrons. The van der Waals surface area contributed by atoms with E-state index in [1.807, 2.05) is 0 Å². The molecule has 0 heterocycles.